The van der Waals surface area contributed by atoms with E-state index in [0.29, 0.717) is 36.1 Å². The standard InChI is InChI=1S/C16H26N2O3.ClH/c1-11(2)10-21-14-6-5-13(9-15(14)20-4)16(19)18-8-7-12(3)17;/h5-6,9,11-12H,7-8,10,17H2,1-4H3,(H,18,19);1H. The average Bonchev–Trinajstić information content (AvgIpc) is 2.44. The summed E-state index contributed by atoms with van der Waals surface area (Å²) in [6.07, 6.45) is 0.748. The zero-order valence-corrected chi connectivity index (χ0v) is 14.5. The first-order valence-electron chi connectivity index (χ1n) is 7.28. The molecule has 126 valence electrons. The van der Waals surface area contributed by atoms with Crippen molar-refractivity contribution in [1.82, 2.24) is 5.32 Å². The normalized spacial score (nSPS) is 11.5. The average molecular weight is 331 g/mol. The van der Waals surface area contributed by atoms with Crippen molar-refractivity contribution in [3.63, 3.8) is 0 Å². The lowest BCUT2D eigenvalue weighted by Gasteiger charge is -2.13. The Labute approximate surface area is 139 Å². The summed E-state index contributed by atoms with van der Waals surface area (Å²) in [5, 5.41) is 2.84. The Morgan fingerprint density at radius 2 is 1.95 bits per heavy atom. The molecule has 5 nitrogen and oxygen atoms in total. The van der Waals surface area contributed by atoms with Crippen molar-refractivity contribution < 1.29 is 14.3 Å². The number of halogens is 1. The molecule has 0 spiro atoms. The van der Waals surface area contributed by atoms with Gasteiger partial charge in [-0.2, -0.15) is 0 Å². The number of nitrogens with two attached hydrogens (primary N) is 1. The molecule has 0 bridgehead atoms. The Morgan fingerprint density at radius 1 is 1.27 bits per heavy atom. The van der Waals surface area contributed by atoms with E-state index >= 15 is 0 Å². The SMILES string of the molecule is COc1cc(C(=O)NCCC(C)N)ccc1OCC(C)C.Cl. The minimum atomic E-state index is -0.135. The third-order valence-corrected chi connectivity index (χ3v) is 2.88. The van der Waals surface area contributed by atoms with Crippen molar-refractivity contribution in [3.05, 3.63) is 23.8 Å². The highest BCUT2D eigenvalue weighted by atomic mass is 35.5. The van der Waals surface area contributed by atoms with Gasteiger partial charge in [0.2, 0.25) is 0 Å². The van der Waals surface area contributed by atoms with E-state index in [9.17, 15) is 4.79 Å². The molecule has 0 aliphatic heterocycles. The highest BCUT2D eigenvalue weighted by Gasteiger charge is 2.11. The summed E-state index contributed by atoms with van der Waals surface area (Å²) < 4.78 is 10.9. The molecule has 1 aromatic rings. The van der Waals surface area contributed by atoms with E-state index in [0.717, 1.165) is 6.42 Å². The number of benzene rings is 1. The van der Waals surface area contributed by atoms with E-state index in [-0.39, 0.29) is 24.4 Å². The number of carbonyl (C=O) groups excluding carboxylic acids is 1. The Balaban J connectivity index is 0.00000441. The summed E-state index contributed by atoms with van der Waals surface area (Å²) in [6.45, 7) is 7.23. The number of ether oxygens (including phenoxy) is 2. The number of hydrogen-bond acceptors (Lipinski definition) is 4. The maximum absolute atomic E-state index is 12.0. The molecule has 0 aromatic heterocycles. The predicted molar refractivity (Wildman–Crippen MR) is 91.2 cm³/mol. The zero-order chi connectivity index (χ0) is 15.8. The molecule has 6 heteroatoms. The van der Waals surface area contributed by atoms with E-state index < -0.39 is 0 Å². The number of carbonyl (C=O) groups is 1. The van der Waals surface area contributed by atoms with E-state index in [1.807, 2.05) is 6.92 Å². The summed E-state index contributed by atoms with van der Waals surface area (Å²) in [7, 11) is 1.56. The highest BCUT2D eigenvalue weighted by molar-refractivity contribution is 5.94. The van der Waals surface area contributed by atoms with Crippen LogP contribution in [0.2, 0.25) is 0 Å². The van der Waals surface area contributed by atoms with Gasteiger partial charge in [-0.3, -0.25) is 4.79 Å². The van der Waals surface area contributed by atoms with Gasteiger partial charge in [0.05, 0.1) is 13.7 Å². The maximum Gasteiger partial charge on any atom is 0.251 e. The minimum absolute atomic E-state index is 0. The molecule has 1 amide bonds. The zero-order valence-electron chi connectivity index (χ0n) is 13.7. The van der Waals surface area contributed by atoms with Crippen LogP contribution in [0, 0.1) is 5.92 Å². The largest absolute Gasteiger partial charge is 0.493 e. The van der Waals surface area contributed by atoms with Crippen LogP contribution < -0.4 is 20.5 Å². The first kappa shape index (κ1) is 20.5. The van der Waals surface area contributed by atoms with Crippen LogP contribution >= 0.6 is 12.4 Å². The number of hydrogen-bond donors (Lipinski definition) is 2. The minimum Gasteiger partial charge on any atom is -0.493 e. The second kappa shape index (κ2) is 10.3. The van der Waals surface area contributed by atoms with Gasteiger partial charge in [0.15, 0.2) is 11.5 Å². The second-order valence-electron chi connectivity index (χ2n) is 5.59. The van der Waals surface area contributed by atoms with Crippen molar-refractivity contribution in [1.29, 1.82) is 0 Å². The van der Waals surface area contributed by atoms with Gasteiger partial charge >= 0.3 is 0 Å². The third kappa shape index (κ3) is 7.00. The van der Waals surface area contributed by atoms with Gasteiger partial charge in [-0.05, 0) is 37.5 Å². The van der Waals surface area contributed by atoms with Gasteiger partial charge in [0.25, 0.3) is 5.91 Å². The quantitative estimate of drug-likeness (QED) is 0.768. The lowest BCUT2D eigenvalue weighted by atomic mass is 10.1. The van der Waals surface area contributed by atoms with Crippen molar-refractivity contribution in [2.24, 2.45) is 11.7 Å². The molecular weight excluding hydrogens is 304 g/mol. The molecule has 1 aromatic carbocycles. The van der Waals surface area contributed by atoms with Crippen molar-refractivity contribution >= 4 is 18.3 Å². The smallest absolute Gasteiger partial charge is 0.251 e. The van der Waals surface area contributed by atoms with E-state index in [2.05, 4.69) is 19.2 Å². The maximum atomic E-state index is 12.0. The Kier molecular flexibility index (Phi) is 9.61. The molecule has 0 saturated heterocycles. The molecule has 22 heavy (non-hydrogen) atoms. The number of nitrogens with one attached hydrogen (secondary N) is 1. The van der Waals surface area contributed by atoms with E-state index in [4.69, 9.17) is 15.2 Å². The van der Waals surface area contributed by atoms with Crippen LogP contribution in [0.15, 0.2) is 18.2 Å². The number of rotatable bonds is 8. The molecule has 3 N–H and O–H groups in total. The highest BCUT2D eigenvalue weighted by Crippen LogP contribution is 2.28. The second-order valence-corrected chi connectivity index (χ2v) is 5.59. The first-order valence-corrected chi connectivity index (χ1v) is 7.28. The van der Waals surface area contributed by atoms with Crippen LogP contribution in [0.1, 0.15) is 37.6 Å². The first-order chi connectivity index (χ1) is 9.93. The van der Waals surface area contributed by atoms with E-state index in [1.54, 1.807) is 25.3 Å². The van der Waals surface area contributed by atoms with Crippen molar-refractivity contribution in [2.45, 2.75) is 33.2 Å². The number of methoxy groups -OCH3 is 1. The van der Waals surface area contributed by atoms with Gasteiger partial charge in [-0.1, -0.05) is 13.8 Å². The summed E-state index contributed by atoms with van der Waals surface area (Å²) in [5.41, 5.74) is 6.20. The van der Waals surface area contributed by atoms with Crippen LogP contribution in [0.3, 0.4) is 0 Å². The van der Waals surface area contributed by atoms with Crippen molar-refractivity contribution in [2.75, 3.05) is 20.3 Å². The lowest BCUT2D eigenvalue weighted by molar-refractivity contribution is 0.0952. The van der Waals surface area contributed by atoms with Crippen LogP contribution in [-0.4, -0.2) is 32.2 Å². The fourth-order valence-electron chi connectivity index (χ4n) is 1.70. The van der Waals surface area contributed by atoms with Crippen LogP contribution in [-0.2, 0) is 0 Å². The molecule has 0 heterocycles. The lowest BCUT2D eigenvalue weighted by Crippen LogP contribution is -2.28. The summed E-state index contributed by atoms with van der Waals surface area (Å²) in [5.74, 6) is 1.51. The summed E-state index contributed by atoms with van der Waals surface area (Å²) in [4.78, 5) is 12.0. The molecule has 0 saturated carbocycles. The van der Waals surface area contributed by atoms with Gasteiger partial charge in [-0.15, -0.1) is 12.4 Å². The molecular formula is C16H27ClN2O3. The fraction of sp³-hybridized carbons (Fsp3) is 0.562. The summed E-state index contributed by atoms with van der Waals surface area (Å²) in [6, 6.07) is 5.27. The molecule has 1 rings (SSSR count). The molecule has 0 aliphatic rings. The predicted octanol–water partition coefficient (Wildman–Crippen LogP) is 2.62. The van der Waals surface area contributed by atoms with Gasteiger partial charge in [0.1, 0.15) is 0 Å². The monoisotopic (exact) mass is 330 g/mol. The van der Waals surface area contributed by atoms with Crippen LogP contribution in [0.5, 0.6) is 11.5 Å². The molecule has 0 radical (unpaired) electrons. The molecule has 0 fully saturated rings. The Morgan fingerprint density at radius 3 is 2.50 bits per heavy atom. The van der Waals surface area contributed by atoms with Gasteiger partial charge < -0.3 is 20.5 Å². The van der Waals surface area contributed by atoms with Gasteiger partial charge in [-0.25, -0.2) is 0 Å². The van der Waals surface area contributed by atoms with Crippen LogP contribution in [0.25, 0.3) is 0 Å². The number of amides is 1. The van der Waals surface area contributed by atoms with Gasteiger partial charge in [0, 0.05) is 18.2 Å². The molecule has 1 unspecified atom stereocenters. The fourth-order valence-corrected chi connectivity index (χ4v) is 1.70. The van der Waals surface area contributed by atoms with Crippen molar-refractivity contribution in [3.8, 4) is 11.5 Å². The van der Waals surface area contributed by atoms with Crippen LogP contribution in [0.4, 0.5) is 0 Å². The molecule has 1 atom stereocenters. The van der Waals surface area contributed by atoms with E-state index in [1.165, 1.54) is 0 Å². The topological polar surface area (TPSA) is 73.6 Å². The molecule has 0 aliphatic carbocycles. The Bertz CT molecular complexity index is 465. The summed E-state index contributed by atoms with van der Waals surface area (Å²) >= 11 is 0. The third-order valence-electron chi connectivity index (χ3n) is 2.88. The Hall–Kier alpha value is -1.46.